The van der Waals surface area contributed by atoms with Crippen LogP contribution in [0.4, 0.5) is 0 Å². The minimum Gasteiger partial charge on any atom is -0.350 e. The van der Waals surface area contributed by atoms with Crippen LogP contribution >= 0.6 is 22.9 Å². The van der Waals surface area contributed by atoms with Crippen molar-refractivity contribution >= 4 is 38.6 Å². The number of sulfone groups is 1. The zero-order chi connectivity index (χ0) is 18.3. The maximum atomic E-state index is 11.7. The summed E-state index contributed by atoms with van der Waals surface area (Å²) in [5.41, 5.74) is 1.22. The smallest absolute Gasteiger partial charge is 0.246 e. The van der Waals surface area contributed by atoms with E-state index in [0.29, 0.717) is 37.1 Å². The molecule has 0 aliphatic carbocycles. The average Bonchev–Trinajstić information content (AvgIpc) is 2.98. The molecule has 132 valence electrons. The first-order chi connectivity index (χ1) is 11.8. The van der Waals surface area contributed by atoms with Gasteiger partial charge in [-0.15, -0.1) is 5.10 Å². The summed E-state index contributed by atoms with van der Waals surface area (Å²) < 4.78 is 24.0. The maximum absolute atomic E-state index is 11.7. The Morgan fingerprint density at radius 1 is 1.36 bits per heavy atom. The second-order valence-electron chi connectivity index (χ2n) is 5.06. The molecule has 2 aromatic heterocycles. The molecule has 0 spiro atoms. The summed E-state index contributed by atoms with van der Waals surface area (Å²) in [7, 11) is -3.41. The Morgan fingerprint density at radius 3 is 2.68 bits per heavy atom. The number of nitrogens with one attached hydrogen (secondary N) is 1. The lowest BCUT2D eigenvalue weighted by atomic mass is 10.2. The fourth-order valence-corrected chi connectivity index (χ4v) is 2.61. The first-order valence-electron chi connectivity index (χ1n) is 7.19. The predicted octanol–water partition coefficient (Wildman–Crippen LogP) is 0.508. The van der Waals surface area contributed by atoms with Gasteiger partial charge in [-0.05, 0) is 6.42 Å². The summed E-state index contributed by atoms with van der Waals surface area (Å²) in [5, 5.41) is 10.2. The van der Waals surface area contributed by atoms with E-state index in [1.807, 2.05) is 22.9 Å². The van der Waals surface area contributed by atoms with Crippen LogP contribution in [0.15, 0.2) is 23.7 Å². The Labute approximate surface area is 159 Å². The Bertz CT molecular complexity index is 899. The van der Waals surface area contributed by atoms with E-state index in [0.717, 1.165) is 6.26 Å². The number of unbranched alkanes of at least 4 members (excludes halogenated alkanes) is 1. The van der Waals surface area contributed by atoms with E-state index in [2.05, 4.69) is 37.4 Å². The van der Waals surface area contributed by atoms with Gasteiger partial charge in [0.1, 0.15) is 5.69 Å². The molecule has 1 amide bonds. The van der Waals surface area contributed by atoms with E-state index < -0.39 is 9.84 Å². The van der Waals surface area contributed by atoms with Crippen molar-refractivity contribution in [3.8, 4) is 11.8 Å². The number of hydrogen-bond acceptors (Lipinski definition) is 7. The van der Waals surface area contributed by atoms with Crippen LogP contribution in [0.25, 0.3) is 0 Å². The summed E-state index contributed by atoms with van der Waals surface area (Å²) in [6.07, 6.45) is 7.00. The molecule has 0 atom stereocenters. The molecule has 25 heavy (non-hydrogen) atoms. The molecule has 0 radical (unpaired) electrons. The number of nitrogens with zero attached hydrogens (tertiary/aromatic N) is 5. The first kappa shape index (κ1) is 19.3. The Kier molecular flexibility index (Phi) is 6.82. The molecule has 9 nitrogen and oxygen atoms in total. The van der Waals surface area contributed by atoms with Crippen LogP contribution in [0.1, 0.15) is 30.5 Å². The minimum absolute atomic E-state index is 0.0781. The van der Waals surface area contributed by atoms with Gasteiger partial charge in [0, 0.05) is 31.5 Å². The van der Waals surface area contributed by atoms with Crippen LogP contribution in [0.5, 0.6) is 0 Å². The van der Waals surface area contributed by atoms with Crippen molar-refractivity contribution in [2.45, 2.75) is 31.0 Å². The van der Waals surface area contributed by atoms with Crippen molar-refractivity contribution in [1.82, 2.24) is 28.5 Å². The van der Waals surface area contributed by atoms with Gasteiger partial charge in [-0.1, -0.05) is 17.1 Å². The summed E-state index contributed by atoms with van der Waals surface area (Å²) in [6.45, 7) is 0.345. The molecule has 0 aromatic carbocycles. The number of carbonyl (C=O) groups is 1. The molecule has 0 bridgehead atoms. The van der Waals surface area contributed by atoms with Crippen molar-refractivity contribution in [1.29, 1.82) is 0 Å². The monoisotopic (exact) mass is 474 g/mol. The maximum Gasteiger partial charge on any atom is 0.246 e. The van der Waals surface area contributed by atoms with Gasteiger partial charge in [-0.3, -0.25) is 4.79 Å². The highest BCUT2D eigenvalue weighted by molar-refractivity contribution is 14.1. The van der Waals surface area contributed by atoms with Gasteiger partial charge in [0.2, 0.25) is 20.9 Å². The van der Waals surface area contributed by atoms with Gasteiger partial charge in [0.15, 0.2) is 0 Å². The van der Waals surface area contributed by atoms with Crippen molar-refractivity contribution in [2.24, 2.45) is 0 Å². The Balaban J connectivity index is 1.70. The molecule has 2 rings (SSSR count). The van der Waals surface area contributed by atoms with Crippen molar-refractivity contribution < 1.29 is 13.2 Å². The molecule has 0 aliphatic heterocycles. The van der Waals surface area contributed by atoms with Crippen LogP contribution in [-0.2, 0) is 21.2 Å². The SMILES string of the molecule is CS(=O)(=O)c1ncc(C#CCCCC(=O)NCc2cn(I)nn2)cn1. The molecule has 11 heteroatoms. The van der Waals surface area contributed by atoms with Crippen LogP contribution in [0, 0.1) is 11.8 Å². The van der Waals surface area contributed by atoms with Gasteiger partial charge in [0.25, 0.3) is 0 Å². The molecule has 0 saturated heterocycles. The largest absolute Gasteiger partial charge is 0.350 e. The fourth-order valence-electron chi connectivity index (χ4n) is 1.71. The Hall–Kier alpha value is -2.07. The number of amides is 1. The van der Waals surface area contributed by atoms with E-state index >= 15 is 0 Å². The van der Waals surface area contributed by atoms with Crippen molar-refractivity contribution in [2.75, 3.05) is 6.26 Å². The molecule has 0 fully saturated rings. The number of carbonyl (C=O) groups excluding carboxylic acids is 1. The third-order valence-electron chi connectivity index (χ3n) is 2.88. The van der Waals surface area contributed by atoms with Gasteiger partial charge in [-0.25, -0.2) is 18.4 Å². The van der Waals surface area contributed by atoms with Crippen LogP contribution < -0.4 is 5.32 Å². The number of halogens is 1. The van der Waals surface area contributed by atoms with Crippen molar-refractivity contribution in [3.63, 3.8) is 0 Å². The standard InChI is InChI=1S/C14H15IN6O3S/c1-25(23,24)14-17-7-11(8-18-14)5-3-2-4-6-13(22)16-9-12-10-21(15)20-19-12/h7-8,10H,2,4,6,9H2,1H3,(H,16,22). The zero-order valence-electron chi connectivity index (χ0n) is 13.3. The second kappa shape index (κ2) is 8.86. The molecule has 0 saturated carbocycles. The molecular formula is C14H15IN6O3S. The number of hydrogen-bond donors (Lipinski definition) is 1. The molecule has 2 aromatic rings. The summed E-state index contributed by atoms with van der Waals surface area (Å²) in [5.74, 6) is 5.66. The van der Waals surface area contributed by atoms with Crippen LogP contribution in [0.3, 0.4) is 0 Å². The lowest BCUT2D eigenvalue weighted by molar-refractivity contribution is -0.121. The predicted molar refractivity (Wildman–Crippen MR) is 97.2 cm³/mol. The number of rotatable bonds is 6. The van der Waals surface area contributed by atoms with E-state index in [1.54, 1.807) is 9.09 Å². The second-order valence-corrected chi connectivity index (χ2v) is 7.96. The Morgan fingerprint density at radius 2 is 2.08 bits per heavy atom. The quantitative estimate of drug-likeness (QED) is 0.280. The summed E-state index contributed by atoms with van der Waals surface area (Å²) >= 11 is 1.98. The highest BCUT2D eigenvalue weighted by atomic mass is 127. The normalized spacial score (nSPS) is 10.8. The van der Waals surface area contributed by atoms with E-state index in [1.165, 1.54) is 12.4 Å². The minimum atomic E-state index is -3.41. The molecule has 0 aliphatic rings. The van der Waals surface area contributed by atoms with E-state index in [-0.39, 0.29) is 11.1 Å². The third-order valence-corrected chi connectivity index (χ3v) is 4.22. The average molecular weight is 474 g/mol. The number of aromatic nitrogens is 5. The summed E-state index contributed by atoms with van der Waals surface area (Å²) in [4.78, 5) is 19.2. The van der Waals surface area contributed by atoms with Gasteiger partial charge in [0.05, 0.1) is 41.2 Å². The van der Waals surface area contributed by atoms with Crippen molar-refractivity contribution in [3.05, 3.63) is 29.8 Å². The molecular weight excluding hydrogens is 459 g/mol. The molecule has 1 N–H and O–H groups in total. The van der Waals surface area contributed by atoms with Crippen LogP contribution in [-0.4, -0.2) is 43.8 Å². The topological polar surface area (TPSA) is 120 Å². The first-order valence-corrected chi connectivity index (χ1v) is 10.1. The summed E-state index contributed by atoms with van der Waals surface area (Å²) in [6, 6.07) is 0. The van der Waals surface area contributed by atoms with E-state index in [4.69, 9.17) is 0 Å². The lowest BCUT2D eigenvalue weighted by Gasteiger charge is -2.00. The highest BCUT2D eigenvalue weighted by Gasteiger charge is 2.09. The lowest BCUT2D eigenvalue weighted by Crippen LogP contribution is -2.22. The molecule has 0 unspecified atom stereocenters. The zero-order valence-corrected chi connectivity index (χ0v) is 16.3. The van der Waals surface area contributed by atoms with Gasteiger partial charge >= 0.3 is 0 Å². The van der Waals surface area contributed by atoms with Gasteiger partial charge in [-0.2, -0.15) is 2.90 Å². The third kappa shape index (κ3) is 6.75. The van der Waals surface area contributed by atoms with E-state index in [9.17, 15) is 13.2 Å². The highest BCUT2D eigenvalue weighted by Crippen LogP contribution is 2.02. The molecule has 2 heterocycles. The fraction of sp³-hybridized carbons (Fsp3) is 0.357. The van der Waals surface area contributed by atoms with Gasteiger partial charge < -0.3 is 5.32 Å². The van der Waals surface area contributed by atoms with Crippen LogP contribution in [0.2, 0.25) is 0 Å².